The fourth-order valence-corrected chi connectivity index (χ4v) is 3.47. The Morgan fingerprint density at radius 2 is 1.84 bits per heavy atom. The fourth-order valence-electron chi connectivity index (χ4n) is 3.47. The second-order valence-corrected chi connectivity index (χ2v) is 8.89. The zero-order chi connectivity index (χ0) is 21.7. The molecule has 8 nitrogen and oxygen atoms in total. The van der Waals surface area contributed by atoms with Gasteiger partial charge in [-0.3, -0.25) is 9.79 Å². The van der Waals surface area contributed by atoms with Gasteiger partial charge in [-0.2, -0.15) is 0 Å². The molecular formula is C22H34IN5O3. The summed E-state index contributed by atoms with van der Waals surface area (Å²) >= 11 is 0. The fraction of sp³-hybridized carbons (Fsp3) is 0.591. The number of amides is 2. The van der Waals surface area contributed by atoms with Gasteiger partial charge in [0.05, 0.1) is 6.04 Å². The number of guanidine groups is 1. The lowest BCUT2D eigenvalue weighted by Gasteiger charge is -2.40. The predicted octanol–water partition coefficient (Wildman–Crippen LogP) is 2.71. The minimum Gasteiger partial charge on any atom is -0.444 e. The molecule has 0 saturated carbocycles. The van der Waals surface area contributed by atoms with Crippen molar-refractivity contribution < 1.29 is 14.3 Å². The van der Waals surface area contributed by atoms with Crippen LogP contribution in [0.25, 0.3) is 0 Å². The third-order valence-corrected chi connectivity index (χ3v) is 5.13. The Bertz CT molecular complexity index is 785. The van der Waals surface area contributed by atoms with Gasteiger partial charge in [-0.25, -0.2) is 4.79 Å². The highest BCUT2D eigenvalue weighted by molar-refractivity contribution is 14.0. The Kier molecular flexibility index (Phi) is 8.96. The number of carbonyl (C=O) groups excluding carboxylic acids is 2. The Morgan fingerprint density at radius 3 is 2.39 bits per heavy atom. The number of benzene rings is 1. The van der Waals surface area contributed by atoms with Gasteiger partial charge in [-0.15, -0.1) is 24.0 Å². The lowest BCUT2D eigenvalue weighted by molar-refractivity contribution is -0.128. The van der Waals surface area contributed by atoms with Crippen LogP contribution < -0.4 is 10.6 Å². The average Bonchev–Trinajstić information content (AvgIpc) is 3.04. The van der Waals surface area contributed by atoms with Crippen LogP contribution in [0.2, 0.25) is 0 Å². The summed E-state index contributed by atoms with van der Waals surface area (Å²) in [5, 5.41) is 6.64. The van der Waals surface area contributed by atoms with Crippen LogP contribution in [0.4, 0.5) is 4.79 Å². The molecule has 2 aliphatic rings. The maximum Gasteiger partial charge on any atom is 0.410 e. The summed E-state index contributed by atoms with van der Waals surface area (Å²) in [5.74, 6) is 0.951. The molecule has 0 bridgehead atoms. The molecule has 0 radical (unpaired) electrons. The minimum absolute atomic E-state index is 0. The van der Waals surface area contributed by atoms with Gasteiger partial charge in [-0.1, -0.05) is 24.3 Å². The normalized spacial score (nSPS) is 17.2. The van der Waals surface area contributed by atoms with E-state index in [1.807, 2.05) is 25.7 Å². The standard InChI is InChI=1S/C22H33N5O3.HI/c1-22(2,3)30-21(29)27-14-18(15-27)25-20(23-4)24-12-16-7-9-17(10-8-16)13-26-11-5-6-19(26)28;/h7-10,18H,5-6,11-15H2,1-4H3,(H2,23,24,25);1H. The largest absolute Gasteiger partial charge is 0.444 e. The molecule has 1 aromatic rings. The Labute approximate surface area is 201 Å². The first kappa shape index (κ1) is 25.2. The maximum absolute atomic E-state index is 12.0. The molecule has 2 fully saturated rings. The van der Waals surface area contributed by atoms with Crippen LogP contribution in [0.1, 0.15) is 44.7 Å². The molecule has 0 aromatic heterocycles. The zero-order valence-electron chi connectivity index (χ0n) is 18.8. The van der Waals surface area contributed by atoms with Crippen LogP contribution in [0.3, 0.4) is 0 Å². The molecule has 0 atom stereocenters. The molecule has 2 saturated heterocycles. The molecule has 9 heteroatoms. The van der Waals surface area contributed by atoms with E-state index < -0.39 is 5.60 Å². The molecule has 2 heterocycles. The molecular weight excluding hydrogens is 509 g/mol. The van der Waals surface area contributed by atoms with Gasteiger partial charge >= 0.3 is 6.09 Å². The predicted molar refractivity (Wildman–Crippen MR) is 131 cm³/mol. The smallest absolute Gasteiger partial charge is 0.410 e. The van der Waals surface area contributed by atoms with Gasteiger partial charge < -0.3 is 25.2 Å². The first-order valence-electron chi connectivity index (χ1n) is 10.5. The Hall–Kier alpha value is -2.04. The van der Waals surface area contributed by atoms with E-state index in [1.54, 1.807) is 11.9 Å². The van der Waals surface area contributed by atoms with Gasteiger partial charge in [0.25, 0.3) is 0 Å². The highest BCUT2D eigenvalue weighted by Crippen LogP contribution is 2.16. The van der Waals surface area contributed by atoms with Gasteiger partial charge in [0.15, 0.2) is 5.96 Å². The molecule has 2 aliphatic heterocycles. The number of hydrogen-bond acceptors (Lipinski definition) is 4. The summed E-state index contributed by atoms with van der Waals surface area (Å²) in [7, 11) is 1.73. The number of rotatable bonds is 5. The zero-order valence-corrected chi connectivity index (χ0v) is 21.1. The molecule has 0 unspecified atom stereocenters. The van der Waals surface area contributed by atoms with Crippen molar-refractivity contribution in [1.82, 2.24) is 20.4 Å². The van der Waals surface area contributed by atoms with Crippen molar-refractivity contribution in [3.8, 4) is 0 Å². The monoisotopic (exact) mass is 543 g/mol. The summed E-state index contributed by atoms with van der Waals surface area (Å²) in [6.45, 7) is 8.98. The molecule has 172 valence electrons. The molecule has 2 N–H and O–H groups in total. The van der Waals surface area contributed by atoms with Gasteiger partial charge in [0.1, 0.15) is 5.60 Å². The van der Waals surface area contributed by atoms with Crippen molar-refractivity contribution in [2.24, 2.45) is 4.99 Å². The number of nitrogens with zero attached hydrogens (tertiary/aromatic N) is 3. The van der Waals surface area contributed by atoms with Crippen molar-refractivity contribution in [2.45, 2.75) is 58.3 Å². The number of aliphatic imine (C=N–C) groups is 1. The van der Waals surface area contributed by atoms with Gasteiger partial charge in [-0.05, 0) is 38.3 Å². The van der Waals surface area contributed by atoms with Crippen LogP contribution in [0, 0.1) is 0 Å². The lowest BCUT2D eigenvalue weighted by Crippen LogP contribution is -2.63. The van der Waals surface area contributed by atoms with Crippen molar-refractivity contribution >= 4 is 41.9 Å². The number of ether oxygens (including phenoxy) is 1. The second kappa shape index (κ2) is 11.0. The minimum atomic E-state index is -0.479. The molecule has 3 rings (SSSR count). The van der Waals surface area contributed by atoms with Crippen LogP contribution in [0.5, 0.6) is 0 Å². The van der Waals surface area contributed by atoms with E-state index in [2.05, 4.69) is 39.9 Å². The van der Waals surface area contributed by atoms with E-state index in [-0.39, 0.29) is 42.0 Å². The highest BCUT2D eigenvalue weighted by Gasteiger charge is 2.34. The summed E-state index contributed by atoms with van der Waals surface area (Å²) in [6, 6.07) is 8.45. The third kappa shape index (κ3) is 7.55. The van der Waals surface area contributed by atoms with Crippen LogP contribution in [0.15, 0.2) is 29.3 Å². The summed E-state index contributed by atoms with van der Waals surface area (Å²) in [4.78, 5) is 31.6. The van der Waals surface area contributed by atoms with E-state index in [4.69, 9.17) is 4.74 Å². The van der Waals surface area contributed by atoms with Crippen LogP contribution in [-0.2, 0) is 22.6 Å². The molecule has 1 aromatic carbocycles. The topological polar surface area (TPSA) is 86.3 Å². The number of halogens is 1. The van der Waals surface area contributed by atoms with E-state index in [0.717, 1.165) is 24.1 Å². The Morgan fingerprint density at radius 1 is 1.19 bits per heavy atom. The van der Waals surface area contributed by atoms with Crippen molar-refractivity contribution in [1.29, 1.82) is 0 Å². The highest BCUT2D eigenvalue weighted by atomic mass is 127. The first-order chi connectivity index (χ1) is 14.2. The van der Waals surface area contributed by atoms with E-state index in [9.17, 15) is 9.59 Å². The first-order valence-corrected chi connectivity index (χ1v) is 10.5. The average molecular weight is 543 g/mol. The SMILES string of the molecule is CN=C(NCc1ccc(CN2CCCC2=O)cc1)NC1CN(C(=O)OC(C)(C)C)C1.I. The van der Waals surface area contributed by atoms with Crippen molar-refractivity contribution in [3.63, 3.8) is 0 Å². The summed E-state index contributed by atoms with van der Waals surface area (Å²) in [6.07, 6.45) is 1.35. The van der Waals surface area contributed by atoms with Gasteiger partial charge in [0, 0.05) is 46.2 Å². The van der Waals surface area contributed by atoms with E-state index in [0.29, 0.717) is 38.6 Å². The summed E-state index contributed by atoms with van der Waals surface area (Å²) < 4.78 is 5.38. The van der Waals surface area contributed by atoms with Crippen molar-refractivity contribution in [2.75, 3.05) is 26.7 Å². The lowest BCUT2D eigenvalue weighted by atomic mass is 10.1. The molecule has 31 heavy (non-hydrogen) atoms. The number of hydrogen-bond donors (Lipinski definition) is 2. The second-order valence-electron chi connectivity index (χ2n) is 8.89. The van der Waals surface area contributed by atoms with Gasteiger partial charge in [0.2, 0.25) is 5.91 Å². The Balaban J connectivity index is 0.00000341. The molecule has 2 amide bonds. The van der Waals surface area contributed by atoms with Crippen LogP contribution >= 0.6 is 24.0 Å². The molecule has 0 aliphatic carbocycles. The summed E-state index contributed by atoms with van der Waals surface area (Å²) in [5.41, 5.74) is 1.80. The quantitative estimate of drug-likeness (QED) is 0.339. The van der Waals surface area contributed by atoms with E-state index >= 15 is 0 Å². The maximum atomic E-state index is 12.0. The van der Waals surface area contributed by atoms with E-state index in [1.165, 1.54) is 0 Å². The number of carbonyl (C=O) groups is 2. The van der Waals surface area contributed by atoms with Crippen LogP contribution in [-0.4, -0.2) is 66.1 Å². The number of likely N-dealkylation sites (tertiary alicyclic amines) is 2. The third-order valence-electron chi connectivity index (χ3n) is 5.13. The van der Waals surface area contributed by atoms with Crippen molar-refractivity contribution in [3.05, 3.63) is 35.4 Å². The molecule has 0 spiro atoms. The number of nitrogens with one attached hydrogen (secondary N) is 2.